The number of quaternary nitrogens is 1. The molecule has 0 unspecified atom stereocenters. The molecule has 2 N–H and O–H groups in total. The zero-order valence-electron chi connectivity index (χ0n) is 17.6. The number of carbonyl (C=O) groups excluding carboxylic acids is 1. The Labute approximate surface area is 176 Å². The fourth-order valence-corrected chi connectivity index (χ4v) is 3.44. The van der Waals surface area contributed by atoms with E-state index in [1.165, 1.54) is 0 Å². The lowest BCUT2D eigenvalue weighted by atomic mass is 10.0. The molecule has 0 bridgehead atoms. The number of ether oxygens (including phenoxy) is 4. The second-order valence-corrected chi connectivity index (χ2v) is 7.03. The third-order valence-electron chi connectivity index (χ3n) is 5.09. The van der Waals surface area contributed by atoms with Gasteiger partial charge in [-0.05, 0) is 24.3 Å². The number of phenols is 1. The number of phenolic OH excluding ortho intramolecular Hbond substituents is 1. The van der Waals surface area contributed by atoms with Gasteiger partial charge in [-0.1, -0.05) is 18.2 Å². The molecule has 7 heteroatoms. The van der Waals surface area contributed by atoms with E-state index in [0.717, 1.165) is 23.6 Å². The molecule has 0 atom stereocenters. The van der Waals surface area contributed by atoms with Gasteiger partial charge in [-0.15, -0.1) is 0 Å². The minimum absolute atomic E-state index is 0.104. The number of para-hydroxylation sites is 1. The third kappa shape index (κ3) is 4.81. The lowest BCUT2D eigenvalue weighted by Gasteiger charge is -2.20. The van der Waals surface area contributed by atoms with Crippen LogP contribution in [0.1, 0.15) is 21.5 Å². The average Bonchev–Trinajstić information content (AvgIpc) is 3.07. The summed E-state index contributed by atoms with van der Waals surface area (Å²) in [4.78, 5) is 14.1. The molecule has 1 heterocycles. The predicted molar refractivity (Wildman–Crippen MR) is 112 cm³/mol. The molecule has 0 spiro atoms. The standard InChI is InChI=1S/C23H27NO6/c1-27-12-10-24(11-13-28-2)15-18-19(25)9-8-17-22(26)21(30-23(17)18)14-16-6-4-5-7-20(16)29-3/h4-9,14,25H,10-13,15H2,1-3H3/p+1/b21-14+. The van der Waals surface area contributed by atoms with Crippen molar-refractivity contribution < 1.29 is 33.7 Å². The summed E-state index contributed by atoms with van der Waals surface area (Å²) >= 11 is 0. The van der Waals surface area contributed by atoms with E-state index in [2.05, 4.69) is 0 Å². The van der Waals surface area contributed by atoms with Crippen molar-refractivity contribution in [3.8, 4) is 17.2 Å². The number of fused-ring (bicyclic) bond motifs is 1. The summed E-state index contributed by atoms with van der Waals surface area (Å²) in [5.41, 5.74) is 1.79. The van der Waals surface area contributed by atoms with Crippen LogP contribution in [0.2, 0.25) is 0 Å². The highest BCUT2D eigenvalue weighted by Crippen LogP contribution is 2.39. The van der Waals surface area contributed by atoms with Gasteiger partial charge >= 0.3 is 0 Å². The number of hydrogen-bond acceptors (Lipinski definition) is 6. The van der Waals surface area contributed by atoms with Crippen LogP contribution in [0.25, 0.3) is 6.08 Å². The number of nitrogens with one attached hydrogen (secondary N) is 1. The largest absolute Gasteiger partial charge is 0.507 e. The van der Waals surface area contributed by atoms with Crippen LogP contribution in [0.15, 0.2) is 42.2 Å². The van der Waals surface area contributed by atoms with Gasteiger partial charge in [0.1, 0.15) is 31.1 Å². The first-order valence-electron chi connectivity index (χ1n) is 9.82. The van der Waals surface area contributed by atoms with E-state index >= 15 is 0 Å². The molecule has 0 fully saturated rings. The van der Waals surface area contributed by atoms with Gasteiger partial charge in [0.15, 0.2) is 11.5 Å². The fraction of sp³-hybridized carbons (Fsp3) is 0.348. The van der Waals surface area contributed by atoms with Gasteiger partial charge in [-0.2, -0.15) is 0 Å². The molecule has 2 aromatic rings. The normalized spacial score (nSPS) is 14.3. The quantitative estimate of drug-likeness (QED) is 0.576. The Morgan fingerprint density at radius 3 is 2.40 bits per heavy atom. The van der Waals surface area contributed by atoms with Crippen molar-refractivity contribution in [2.45, 2.75) is 6.54 Å². The summed E-state index contributed by atoms with van der Waals surface area (Å²) in [6.07, 6.45) is 1.67. The molecule has 3 rings (SSSR count). The summed E-state index contributed by atoms with van der Waals surface area (Å²) in [6, 6.07) is 10.6. The smallest absolute Gasteiger partial charge is 0.231 e. The predicted octanol–water partition coefficient (Wildman–Crippen LogP) is 1.69. The van der Waals surface area contributed by atoms with Gasteiger partial charge in [0, 0.05) is 19.8 Å². The van der Waals surface area contributed by atoms with E-state index in [9.17, 15) is 9.90 Å². The molecular weight excluding hydrogens is 386 g/mol. The van der Waals surface area contributed by atoms with Gasteiger partial charge in [0.05, 0.1) is 31.5 Å². The van der Waals surface area contributed by atoms with E-state index in [1.807, 2.05) is 24.3 Å². The van der Waals surface area contributed by atoms with E-state index in [0.29, 0.717) is 42.4 Å². The average molecular weight is 414 g/mol. The number of ketones is 1. The molecule has 0 amide bonds. The lowest BCUT2D eigenvalue weighted by Crippen LogP contribution is -3.11. The highest BCUT2D eigenvalue weighted by molar-refractivity contribution is 6.15. The summed E-state index contributed by atoms with van der Waals surface area (Å²) in [5, 5.41) is 10.5. The second kappa shape index (κ2) is 10.2. The van der Waals surface area contributed by atoms with Crippen LogP contribution in [0.5, 0.6) is 17.2 Å². The van der Waals surface area contributed by atoms with Gasteiger partial charge < -0.3 is 29.0 Å². The van der Waals surface area contributed by atoms with Gasteiger partial charge in [-0.25, -0.2) is 0 Å². The topological polar surface area (TPSA) is 78.7 Å². The summed E-state index contributed by atoms with van der Waals surface area (Å²) < 4.78 is 21.7. The Kier molecular flexibility index (Phi) is 7.46. The van der Waals surface area contributed by atoms with Crippen LogP contribution in [-0.2, 0) is 16.0 Å². The minimum Gasteiger partial charge on any atom is -0.507 e. The van der Waals surface area contributed by atoms with E-state index in [-0.39, 0.29) is 17.3 Å². The first-order chi connectivity index (χ1) is 14.6. The first-order valence-corrected chi connectivity index (χ1v) is 9.82. The van der Waals surface area contributed by atoms with E-state index < -0.39 is 0 Å². The van der Waals surface area contributed by atoms with Crippen molar-refractivity contribution in [2.75, 3.05) is 47.6 Å². The zero-order chi connectivity index (χ0) is 21.5. The zero-order valence-corrected chi connectivity index (χ0v) is 17.6. The third-order valence-corrected chi connectivity index (χ3v) is 5.09. The molecule has 1 aliphatic heterocycles. The molecule has 1 aliphatic rings. The number of aromatic hydroxyl groups is 1. The summed E-state index contributed by atoms with van der Waals surface area (Å²) in [5.74, 6) is 1.15. The van der Waals surface area contributed by atoms with Gasteiger partial charge in [0.2, 0.25) is 5.78 Å². The molecule has 2 aromatic carbocycles. The van der Waals surface area contributed by atoms with E-state index in [1.54, 1.807) is 39.5 Å². The Morgan fingerprint density at radius 1 is 1.03 bits per heavy atom. The molecule has 0 aromatic heterocycles. The Balaban J connectivity index is 1.91. The Morgan fingerprint density at radius 2 is 1.73 bits per heavy atom. The highest BCUT2D eigenvalue weighted by Gasteiger charge is 2.32. The number of allylic oxidation sites excluding steroid dienone is 1. The van der Waals surface area contributed by atoms with Crippen molar-refractivity contribution in [3.63, 3.8) is 0 Å². The molecular formula is C23H28NO6+. The van der Waals surface area contributed by atoms with Crippen LogP contribution in [-0.4, -0.2) is 58.5 Å². The van der Waals surface area contributed by atoms with Crippen LogP contribution in [0.4, 0.5) is 0 Å². The lowest BCUT2D eigenvalue weighted by molar-refractivity contribution is -0.914. The first kappa shape index (κ1) is 21.8. The molecule has 0 radical (unpaired) electrons. The molecule has 7 nitrogen and oxygen atoms in total. The van der Waals surface area contributed by atoms with Crippen molar-refractivity contribution in [1.82, 2.24) is 0 Å². The van der Waals surface area contributed by atoms with Crippen LogP contribution >= 0.6 is 0 Å². The van der Waals surface area contributed by atoms with Crippen molar-refractivity contribution >= 4 is 11.9 Å². The Bertz CT molecular complexity index is 916. The molecule has 30 heavy (non-hydrogen) atoms. The number of rotatable bonds is 10. The summed E-state index contributed by atoms with van der Waals surface area (Å²) in [7, 11) is 4.89. The SMILES string of the molecule is COCC[NH+](CCOC)Cc1c(O)ccc2c1O/C(=C/c1ccccc1OC)C2=O. The van der Waals surface area contributed by atoms with Gasteiger partial charge in [-0.3, -0.25) is 4.79 Å². The number of methoxy groups -OCH3 is 3. The van der Waals surface area contributed by atoms with Gasteiger partial charge in [0.25, 0.3) is 0 Å². The number of hydrogen-bond donors (Lipinski definition) is 2. The molecule has 0 aliphatic carbocycles. The van der Waals surface area contributed by atoms with Crippen LogP contribution in [0, 0.1) is 0 Å². The van der Waals surface area contributed by atoms with Crippen molar-refractivity contribution in [3.05, 3.63) is 58.8 Å². The Hall–Kier alpha value is -2.87. The van der Waals surface area contributed by atoms with E-state index in [4.69, 9.17) is 18.9 Å². The minimum atomic E-state index is -0.215. The summed E-state index contributed by atoms with van der Waals surface area (Å²) in [6.45, 7) is 3.11. The maximum Gasteiger partial charge on any atom is 0.231 e. The molecule has 0 saturated carbocycles. The van der Waals surface area contributed by atoms with Crippen molar-refractivity contribution in [1.29, 1.82) is 0 Å². The number of benzene rings is 2. The molecule has 0 saturated heterocycles. The van der Waals surface area contributed by atoms with Crippen molar-refractivity contribution in [2.24, 2.45) is 0 Å². The molecule has 160 valence electrons. The monoisotopic (exact) mass is 414 g/mol. The highest BCUT2D eigenvalue weighted by atomic mass is 16.5. The number of carbonyl (C=O) groups is 1. The van der Waals surface area contributed by atoms with Crippen LogP contribution < -0.4 is 14.4 Å². The number of Topliss-reactive ketones (excluding diaryl/α,β-unsaturated/α-hetero) is 1. The maximum absolute atomic E-state index is 12.9. The second-order valence-electron chi connectivity index (χ2n) is 7.03. The maximum atomic E-state index is 12.9. The van der Waals surface area contributed by atoms with Crippen LogP contribution in [0.3, 0.4) is 0 Å². The fourth-order valence-electron chi connectivity index (χ4n) is 3.44.